The molecule has 0 atom stereocenters. The van der Waals surface area contributed by atoms with E-state index in [0.717, 1.165) is 44.8 Å². The van der Waals surface area contributed by atoms with Crippen LogP contribution in [0.2, 0.25) is 0 Å². The van der Waals surface area contributed by atoms with Gasteiger partial charge in [0.25, 0.3) is 0 Å². The van der Waals surface area contributed by atoms with Crippen LogP contribution >= 0.6 is 0 Å². The highest BCUT2D eigenvalue weighted by Crippen LogP contribution is 2.50. The van der Waals surface area contributed by atoms with Gasteiger partial charge in [0.05, 0.1) is 22.4 Å². The van der Waals surface area contributed by atoms with Crippen molar-refractivity contribution in [1.29, 1.82) is 0 Å². The Labute approximate surface area is 376 Å². The molecule has 0 saturated carbocycles. The molecule has 63 heavy (non-hydrogen) atoms. The van der Waals surface area contributed by atoms with Crippen LogP contribution in [0.4, 0.5) is 17.3 Å². The van der Waals surface area contributed by atoms with Crippen molar-refractivity contribution in [3.8, 4) is 50.7 Å². The molecule has 1 aliphatic heterocycles. The molecule has 0 saturated heterocycles. The van der Waals surface area contributed by atoms with E-state index < -0.39 is 0 Å². The fraction of sp³-hybridized carbons (Fsp3) is 0. The summed E-state index contributed by atoms with van der Waals surface area (Å²) in [5.41, 5.74) is 24.1. The lowest BCUT2D eigenvalue weighted by molar-refractivity contribution is 1.03. The highest BCUT2D eigenvalue weighted by Gasteiger charge is 2.30. The fourth-order valence-corrected chi connectivity index (χ4v) is 10.5. The van der Waals surface area contributed by atoms with E-state index in [0.29, 0.717) is 17.6 Å². The molecule has 1 aliphatic rings. The molecule has 3 heterocycles. The first kappa shape index (κ1) is 39.1. The standard InChI is InChI=1S/C49H40B9N5/c50-38-35(36-40(52)44(56)46(58)45(57)41(36)53)39(51)43(55)37(42(38)54)48-59-47(24-20-21-28-26-14-4-6-17-30(26)62(33(28)22-24)25-12-2-1-3-13-25)60-49(61-48)63-31-18-7-5-15-27(31)29-16-8-10-23-11-9-19-32(63)34(23)29/h1-22H,50-58H2. The van der Waals surface area contributed by atoms with Gasteiger partial charge in [-0.2, -0.15) is 9.97 Å². The molecule has 0 fully saturated rings. The van der Waals surface area contributed by atoms with Crippen LogP contribution in [0.25, 0.3) is 83.3 Å². The van der Waals surface area contributed by atoms with Gasteiger partial charge in [0.2, 0.25) is 5.95 Å². The van der Waals surface area contributed by atoms with Gasteiger partial charge in [0.1, 0.15) is 70.6 Å². The lowest BCUT2D eigenvalue weighted by Crippen LogP contribution is -2.57. The number of benzene rings is 8. The minimum absolute atomic E-state index is 0.586. The number of hydrogen-bond acceptors (Lipinski definition) is 4. The molecule has 0 aliphatic carbocycles. The van der Waals surface area contributed by atoms with E-state index in [1.54, 1.807) is 0 Å². The molecule has 2 aromatic heterocycles. The maximum Gasteiger partial charge on any atom is 0.238 e. The lowest BCUT2D eigenvalue weighted by atomic mass is 9.56. The molecule has 288 valence electrons. The summed E-state index contributed by atoms with van der Waals surface area (Å²) in [6, 6.07) is 47.7. The number of fused-ring (bicyclic) bond motifs is 5. The van der Waals surface area contributed by atoms with Crippen molar-refractivity contribution in [3.05, 3.63) is 133 Å². The highest BCUT2D eigenvalue weighted by molar-refractivity contribution is 6.70. The third kappa shape index (κ3) is 5.80. The Kier molecular flexibility index (Phi) is 9.10. The molecule has 14 heteroatoms. The Morgan fingerprint density at radius 2 is 0.921 bits per heavy atom. The molecular weight excluding hydrogens is 756 g/mol. The molecule has 0 bridgehead atoms. The Morgan fingerprint density at radius 1 is 0.381 bits per heavy atom. The van der Waals surface area contributed by atoms with Gasteiger partial charge in [-0.05, 0) is 58.5 Å². The first-order valence-corrected chi connectivity index (χ1v) is 22.0. The van der Waals surface area contributed by atoms with Gasteiger partial charge >= 0.3 is 0 Å². The summed E-state index contributed by atoms with van der Waals surface area (Å²) in [5, 5.41) is 4.76. The predicted octanol–water partition coefficient (Wildman–Crippen LogP) is -3.10. The summed E-state index contributed by atoms with van der Waals surface area (Å²) in [7, 11) is 20.4. The van der Waals surface area contributed by atoms with E-state index in [1.165, 1.54) is 87.4 Å². The van der Waals surface area contributed by atoms with Gasteiger partial charge in [-0.3, -0.25) is 4.90 Å². The van der Waals surface area contributed by atoms with Crippen molar-refractivity contribution in [2.24, 2.45) is 0 Å². The molecule has 0 radical (unpaired) electrons. The highest BCUT2D eigenvalue weighted by atomic mass is 15.3. The van der Waals surface area contributed by atoms with Crippen LogP contribution in [0.15, 0.2) is 133 Å². The quantitative estimate of drug-likeness (QED) is 0.174. The van der Waals surface area contributed by atoms with Crippen LogP contribution in [-0.4, -0.2) is 90.1 Å². The number of para-hydroxylation sites is 3. The Bertz CT molecular complexity index is 3530. The third-order valence-electron chi connectivity index (χ3n) is 14.4. The molecule has 5 nitrogen and oxygen atoms in total. The first-order valence-electron chi connectivity index (χ1n) is 22.0. The zero-order valence-corrected chi connectivity index (χ0v) is 37.4. The minimum atomic E-state index is 0.586. The summed E-state index contributed by atoms with van der Waals surface area (Å²) in [6.45, 7) is 0. The van der Waals surface area contributed by atoms with Crippen LogP contribution in [0.3, 0.4) is 0 Å². The smallest absolute Gasteiger partial charge is 0.238 e. The largest absolute Gasteiger partial charge is 0.309 e. The van der Waals surface area contributed by atoms with E-state index in [1.807, 2.05) is 0 Å². The lowest BCUT2D eigenvalue weighted by Gasteiger charge is -2.32. The third-order valence-corrected chi connectivity index (χ3v) is 14.4. The molecular formula is C49H40B9N5. The van der Waals surface area contributed by atoms with Crippen LogP contribution in [0, 0.1) is 0 Å². The van der Waals surface area contributed by atoms with Gasteiger partial charge in [-0.15, -0.1) is 16.4 Å². The van der Waals surface area contributed by atoms with Crippen molar-refractivity contribution in [1.82, 2.24) is 19.5 Å². The second kappa shape index (κ2) is 14.7. The normalized spacial score (nSPS) is 12.0. The Balaban J connectivity index is 1.21. The van der Waals surface area contributed by atoms with E-state index in [4.69, 9.17) is 15.0 Å². The van der Waals surface area contributed by atoms with E-state index in [-0.39, 0.29) is 0 Å². The Hall–Kier alpha value is -6.79. The number of hydrogen-bond donors (Lipinski definition) is 0. The minimum Gasteiger partial charge on any atom is -0.309 e. The molecule has 0 unspecified atom stereocenters. The van der Waals surface area contributed by atoms with Crippen molar-refractivity contribution < 1.29 is 0 Å². The van der Waals surface area contributed by atoms with Gasteiger partial charge in [0, 0.05) is 38.5 Å². The predicted molar refractivity (Wildman–Crippen MR) is 295 cm³/mol. The second-order valence-electron chi connectivity index (χ2n) is 17.5. The first-order chi connectivity index (χ1) is 30.5. The van der Waals surface area contributed by atoms with Gasteiger partial charge < -0.3 is 4.57 Å². The van der Waals surface area contributed by atoms with Crippen molar-refractivity contribution >= 4 is 170 Å². The molecule has 0 spiro atoms. The maximum atomic E-state index is 5.55. The fourth-order valence-electron chi connectivity index (χ4n) is 10.5. The van der Waals surface area contributed by atoms with Gasteiger partial charge in [0.15, 0.2) is 11.6 Å². The SMILES string of the molecule is Bc1c(B)c(B)c(-c2c(B)c(B)c(-c3nc(-c4ccc5c6ccccc6n(-c6ccccc6)c5c4)nc(N4c5ccccc5-c5cccc6cccc4c56)n3)c(B)c2B)c(B)c1B. The van der Waals surface area contributed by atoms with Crippen LogP contribution < -0.4 is 54.1 Å². The summed E-state index contributed by atoms with van der Waals surface area (Å²) in [5.74, 6) is 1.88. The van der Waals surface area contributed by atoms with Crippen LogP contribution in [0.1, 0.15) is 0 Å². The van der Waals surface area contributed by atoms with Gasteiger partial charge in [-0.25, -0.2) is 4.98 Å². The van der Waals surface area contributed by atoms with Crippen LogP contribution in [-0.2, 0) is 0 Å². The Morgan fingerprint density at radius 3 is 1.65 bits per heavy atom. The average molecular weight is 796 g/mol. The molecule has 8 aromatic carbocycles. The van der Waals surface area contributed by atoms with Crippen molar-refractivity contribution in [2.75, 3.05) is 4.90 Å². The van der Waals surface area contributed by atoms with Gasteiger partial charge in [-0.1, -0.05) is 130 Å². The zero-order valence-electron chi connectivity index (χ0n) is 37.4. The number of anilines is 3. The summed E-state index contributed by atoms with van der Waals surface area (Å²) < 4.78 is 2.36. The second-order valence-corrected chi connectivity index (χ2v) is 17.5. The van der Waals surface area contributed by atoms with Crippen LogP contribution in [0.5, 0.6) is 0 Å². The average Bonchev–Trinajstić information content (AvgIpc) is 3.65. The maximum absolute atomic E-state index is 5.55. The number of aromatic nitrogens is 4. The molecule has 0 N–H and O–H groups in total. The van der Waals surface area contributed by atoms with E-state index in [9.17, 15) is 0 Å². The summed E-state index contributed by atoms with van der Waals surface area (Å²) >= 11 is 0. The molecule has 0 amide bonds. The summed E-state index contributed by atoms with van der Waals surface area (Å²) in [4.78, 5) is 18.8. The van der Waals surface area contributed by atoms with Crippen molar-refractivity contribution in [2.45, 2.75) is 0 Å². The van der Waals surface area contributed by atoms with E-state index in [2.05, 4.69) is 214 Å². The zero-order chi connectivity index (χ0) is 43.4. The van der Waals surface area contributed by atoms with Crippen molar-refractivity contribution in [3.63, 3.8) is 0 Å². The molecule has 10 aromatic rings. The summed E-state index contributed by atoms with van der Waals surface area (Å²) in [6.07, 6.45) is 0. The molecule has 11 rings (SSSR count). The van der Waals surface area contributed by atoms with E-state index >= 15 is 0 Å². The monoisotopic (exact) mass is 797 g/mol. The topological polar surface area (TPSA) is 46.8 Å². The number of nitrogens with zero attached hydrogens (tertiary/aromatic N) is 5. The number of rotatable bonds is 5.